The van der Waals surface area contributed by atoms with Crippen molar-refractivity contribution in [3.05, 3.63) is 47.5 Å². The van der Waals surface area contributed by atoms with Gasteiger partial charge in [-0.15, -0.1) is 12.4 Å². The minimum absolute atomic E-state index is 0. The summed E-state index contributed by atoms with van der Waals surface area (Å²) < 4.78 is 15.5. The van der Waals surface area contributed by atoms with Crippen LogP contribution in [0, 0.1) is 18.7 Å². The molecule has 0 bridgehead atoms. The molecule has 0 saturated carbocycles. The van der Waals surface area contributed by atoms with E-state index in [1.165, 1.54) is 10.7 Å². The van der Waals surface area contributed by atoms with Crippen LogP contribution in [0.25, 0.3) is 5.69 Å². The number of rotatable bonds is 5. The van der Waals surface area contributed by atoms with Crippen molar-refractivity contribution < 1.29 is 9.18 Å². The van der Waals surface area contributed by atoms with Gasteiger partial charge in [0.05, 0.1) is 17.5 Å². The molecule has 2 aromatic rings. The van der Waals surface area contributed by atoms with Crippen LogP contribution in [0.3, 0.4) is 0 Å². The number of hydrogen-bond acceptors (Lipinski definition) is 3. The average Bonchev–Trinajstić information content (AvgIpc) is 3.01. The molecule has 142 valence electrons. The Kier molecular flexibility index (Phi) is 7.17. The maximum absolute atomic E-state index is 14.0. The monoisotopic (exact) mass is 380 g/mol. The Balaban J connectivity index is 0.00000243. The standard InChI is InChI=1S/C19H25FN4O.ClH/c1-3-21-12-15-8-10-23(11-9-15)19(25)16-13-22-24(14(16)2)18-7-5-4-6-17(18)20;/h4-7,13,15,21H,3,8-12H2,1-2H3;1H. The van der Waals surface area contributed by atoms with E-state index < -0.39 is 0 Å². The van der Waals surface area contributed by atoms with Crippen LogP contribution in [0.5, 0.6) is 0 Å². The van der Waals surface area contributed by atoms with Crippen LogP contribution >= 0.6 is 12.4 Å². The third-order valence-electron chi connectivity index (χ3n) is 4.91. The number of nitrogens with zero attached hydrogens (tertiary/aromatic N) is 3. The van der Waals surface area contributed by atoms with Gasteiger partial charge in [-0.05, 0) is 50.9 Å². The van der Waals surface area contributed by atoms with Gasteiger partial charge in [0.25, 0.3) is 5.91 Å². The largest absolute Gasteiger partial charge is 0.339 e. The zero-order valence-electron chi connectivity index (χ0n) is 15.2. The van der Waals surface area contributed by atoms with Crippen molar-refractivity contribution in [2.75, 3.05) is 26.2 Å². The predicted octanol–water partition coefficient (Wildman–Crippen LogP) is 3.20. The van der Waals surface area contributed by atoms with Crippen molar-refractivity contribution in [1.82, 2.24) is 20.0 Å². The van der Waals surface area contributed by atoms with Gasteiger partial charge in [-0.1, -0.05) is 19.1 Å². The SMILES string of the molecule is CCNCC1CCN(C(=O)c2cnn(-c3ccccc3F)c2C)CC1.Cl. The summed E-state index contributed by atoms with van der Waals surface area (Å²) in [4.78, 5) is 14.7. The van der Waals surface area contributed by atoms with Crippen molar-refractivity contribution in [1.29, 1.82) is 0 Å². The molecular weight excluding hydrogens is 355 g/mol. The van der Waals surface area contributed by atoms with Gasteiger partial charge in [0.2, 0.25) is 0 Å². The summed E-state index contributed by atoms with van der Waals surface area (Å²) in [5.74, 6) is 0.269. The lowest BCUT2D eigenvalue weighted by atomic mass is 9.96. The van der Waals surface area contributed by atoms with Gasteiger partial charge in [-0.25, -0.2) is 9.07 Å². The summed E-state index contributed by atoms with van der Waals surface area (Å²) in [7, 11) is 0. The lowest BCUT2D eigenvalue weighted by Crippen LogP contribution is -2.40. The highest BCUT2D eigenvalue weighted by atomic mass is 35.5. The number of halogens is 2. The average molecular weight is 381 g/mol. The highest BCUT2D eigenvalue weighted by molar-refractivity contribution is 5.95. The molecule has 1 aliphatic rings. The fourth-order valence-electron chi connectivity index (χ4n) is 3.34. The van der Waals surface area contributed by atoms with Crippen LogP contribution in [0.15, 0.2) is 30.5 Å². The van der Waals surface area contributed by atoms with Gasteiger partial charge in [0.15, 0.2) is 0 Å². The third-order valence-corrected chi connectivity index (χ3v) is 4.91. The summed E-state index contributed by atoms with van der Waals surface area (Å²) in [6.45, 7) is 7.44. The Morgan fingerprint density at radius 3 is 2.65 bits per heavy atom. The Labute approximate surface area is 160 Å². The number of carbonyl (C=O) groups excluding carboxylic acids is 1. The van der Waals surface area contributed by atoms with E-state index >= 15 is 0 Å². The molecule has 0 radical (unpaired) electrons. The van der Waals surface area contributed by atoms with Crippen molar-refractivity contribution in [3.63, 3.8) is 0 Å². The van der Waals surface area contributed by atoms with Crippen LogP contribution in [-0.4, -0.2) is 46.8 Å². The minimum Gasteiger partial charge on any atom is -0.339 e. The quantitative estimate of drug-likeness (QED) is 0.866. The van der Waals surface area contributed by atoms with Crippen molar-refractivity contribution in [2.45, 2.75) is 26.7 Å². The first-order chi connectivity index (χ1) is 12.1. The lowest BCUT2D eigenvalue weighted by molar-refractivity contribution is 0.0689. The van der Waals surface area contributed by atoms with Crippen LogP contribution < -0.4 is 5.32 Å². The van der Waals surface area contributed by atoms with E-state index in [0.29, 0.717) is 22.9 Å². The number of benzene rings is 1. The maximum atomic E-state index is 14.0. The Hall–Kier alpha value is -1.92. The molecule has 1 aliphatic heterocycles. The zero-order chi connectivity index (χ0) is 17.8. The molecule has 3 rings (SSSR count). The number of amides is 1. The molecule has 7 heteroatoms. The Bertz CT molecular complexity index is 741. The second kappa shape index (κ2) is 9.14. The normalized spacial score (nSPS) is 15.0. The summed E-state index contributed by atoms with van der Waals surface area (Å²) in [5.41, 5.74) is 1.58. The van der Waals surface area contributed by atoms with Gasteiger partial charge in [0, 0.05) is 13.1 Å². The smallest absolute Gasteiger partial charge is 0.257 e. The molecule has 26 heavy (non-hydrogen) atoms. The molecule has 1 aromatic heterocycles. The highest BCUT2D eigenvalue weighted by Gasteiger charge is 2.26. The fraction of sp³-hybridized carbons (Fsp3) is 0.474. The number of piperidine rings is 1. The first kappa shape index (κ1) is 20.4. The molecule has 1 aromatic carbocycles. The number of aromatic nitrogens is 2. The molecule has 5 nitrogen and oxygen atoms in total. The summed E-state index contributed by atoms with van der Waals surface area (Å²) in [6.07, 6.45) is 3.58. The minimum atomic E-state index is -0.350. The second-order valence-corrected chi connectivity index (χ2v) is 6.55. The number of carbonyl (C=O) groups is 1. The van der Waals surface area contributed by atoms with E-state index in [0.717, 1.165) is 39.0 Å². The first-order valence-electron chi connectivity index (χ1n) is 8.91. The summed E-state index contributed by atoms with van der Waals surface area (Å²) in [6, 6.07) is 6.46. The molecule has 0 spiro atoms. The number of nitrogens with one attached hydrogen (secondary N) is 1. The topological polar surface area (TPSA) is 50.2 Å². The van der Waals surface area contributed by atoms with Crippen LogP contribution in [0.2, 0.25) is 0 Å². The van der Waals surface area contributed by atoms with E-state index in [4.69, 9.17) is 0 Å². The van der Waals surface area contributed by atoms with Crippen LogP contribution in [0.4, 0.5) is 4.39 Å². The van der Waals surface area contributed by atoms with E-state index in [1.54, 1.807) is 24.4 Å². The Morgan fingerprint density at radius 2 is 2.00 bits per heavy atom. The van der Waals surface area contributed by atoms with E-state index in [2.05, 4.69) is 17.3 Å². The fourth-order valence-corrected chi connectivity index (χ4v) is 3.34. The van der Waals surface area contributed by atoms with Gasteiger partial charge in [-0.2, -0.15) is 5.10 Å². The highest BCUT2D eigenvalue weighted by Crippen LogP contribution is 2.22. The Morgan fingerprint density at radius 1 is 1.31 bits per heavy atom. The molecule has 0 aliphatic carbocycles. The number of hydrogen-bond donors (Lipinski definition) is 1. The summed E-state index contributed by atoms with van der Waals surface area (Å²) >= 11 is 0. The molecule has 2 heterocycles. The molecular formula is C19H26ClFN4O. The molecule has 0 unspecified atom stereocenters. The van der Waals surface area contributed by atoms with Gasteiger partial charge < -0.3 is 10.2 Å². The van der Waals surface area contributed by atoms with Gasteiger partial charge in [0.1, 0.15) is 11.5 Å². The van der Waals surface area contributed by atoms with Gasteiger partial charge >= 0.3 is 0 Å². The molecule has 1 saturated heterocycles. The third kappa shape index (κ3) is 4.24. The number of para-hydroxylation sites is 1. The van der Waals surface area contributed by atoms with E-state index in [9.17, 15) is 9.18 Å². The van der Waals surface area contributed by atoms with Crippen molar-refractivity contribution in [3.8, 4) is 5.69 Å². The maximum Gasteiger partial charge on any atom is 0.257 e. The molecule has 1 fully saturated rings. The lowest BCUT2D eigenvalue weighted by Gasteiger charge is -2.32. The van der Waals surface area contributed by atoms with Crippen molar-refractivity contribution in [2.24, 2.45) is 5.92 Å². The van der Waals surface area contributed by atoms with Crippen molar-refractivity contribution >= 4 is 18.3 Å². The van der Waals surface area contributed by atoms with Gasteiger partial charge in [-0.3, -0.25) is 4.79 Å². The molecule has 1 N–H and O–H groups in total. The molecule has 0 atom stereocenters. The second-order valence-electron chi connectivity index (χ2n) is 6.55. The van der Waals surface area contributed by atoms with E-state index in [1.807, 2.05) is 11.8 Å². The molecule has 1 amide bonds. The first-order valence-corrected chi connectivity index (χ1v) is 8.91. The zero-order valence-corrected chi connectivity index (χ0v) is 16.1. The van der Waals surface area contributed by atoms with Crippen LogP contribution in [-0.2, 0) is 0 Å². The predicted molar refractivity (Wildman–Crippen MR) is 103 cm³/mol. The van der Waals surface area contributed by atoms with Crippen LogP contribution in [0.1, 0.15) is 35.8 Å². The number of likely N-dealkylation sites (tertiary alicyclic amines) is 1. The van der Waals surface area contributed by atoms with E-state index in [-0.39, 0.29) is 24.1 Å². The summed E-state index contributed by atoms with van der Waals surface area (Å²) in [5, 5.41) is 7.61.